The van der Waals surface area contributed by atoms with E-state index in [1.807, 2.05) is 199 Å². The smallest absolute Gasteiger partial charge is 0.407 e. The highest BCUT2D eigenvalue weighted by Gasteiger charge is 2.33. The Bertz CT molecular complexity index is 5020. The van der Waals surface area contributed by atoms with Crippen LogP contribution in [0.1, 0.15) is 264 Å². The van der Waals surface area contributed by atoms with Gasteiger partial charge in [0.05, 0.1) is 124 Å². The number of carbonyl (C=O) groups is 7. The lowest BCUT2D eigenvalue weighted by molar-refractivity contribution is -0.157. The van der Waals surface area contributed by atoms with Gasteiger partial charge in [0.2, 0.25) is 0 Å². The normalized spacial score (nSPS) is 12.4. The zero-order valence-corrected chi connectivity index (χ0v) is 89.6. The largest absolute Gasteiger partial charge is 0.494 e. The molecule has 0 bridgehead atoms. The number of nitrogens with one attached hydrogen (secondary N) is 2. The number of benzene rings is 2. The second-order valence-corrected chi connectivity index (χ2v) is 40.0. The summed E-state index contributed by atoms with van der Waals surface area (Å²) in [7, 11) is 1.75. The first kappa shape index (κ1) is 120. The van der Waals surface area contributed by atoms with Gasteiger partial charge in [-0.2, -0.15) is 0 Å². The van der Waals surface area contributed by atoms with Crippen molar-refractivity contribution in [2.45, 2.75) is 298 Å². The fourth-order valence-electron chi connectivity index (χ4n) is 17.2. The van der Waals surface area contributed by atoms with Crippen molar-refractivity contribution >= 4 is 41.0 Å². The van der Waals surface area contributed by atoms with E-state index in [4.69, 9.17) is 43.6 Å². The summed E-state index contributed by atoms with van der Waals surface area (Å²) in [6.45, 7) is 27.4. The van der Waals surface area contributed by atoms with Gasteiger partial charge < -0.3 is 54.3 Å². The molecular formula is C119H163N15O15. The van der Waals surface area contributed by atoms with Crippen LogP contribution in [0.15, 0.2) is 232 Å². The van der Waals surface area contributed by atoms with Crippen LogP contribution in [0.4, 0.5) is 4.79 Å². The van der Waals surface area contributed by atoms with E-state index in [-0.39, 0.29) is 48.2 Å². The molecule has 4 atom stereocenters. The minimum Gasteiger partial charge on any atom is -0.494 e. The Hall–Kier alpha value is -12.1. The molecule has 804 valence electrons. The summed E-state index contributed by atoms with van der Waals surface area (Å²) >= 11 is 0. The van der Waals surface area contributed by atoms with E-state index in [0.29, 0.717) is 209 Å². The van der Waals surface area contributed by atoms with Crippen LogP contribution in [-0.2, 0) is 136 Å². The van der Waals surface area contributed by atoms with Crippen molar-refractivity contribution in [1.82, 2.24) is 70.1 Å². The van der Waals surface area contributed by atoms with E-state index >= 15 is 0 Å². The molecule has 0 radical (unpaired) electrons. The molecule has 0 saturated heterocycles. The summed E-state index contributed by atoms with van der Waals surface area (Å²) in [6.07, 6.45) is 26.9. The monoisotopic (exact) mass is 2040 g/mol. The Morgan fingerprint density at radius 3 is 1.03 bits per heavy atom. The van der Waals surface area contributed by atoms with Gasteiger partial charge in [-0.15, -0.1) is 0 Å². The predicted molar refractivity (Wildman–Crippen MR) is 579 cm³/mol. The van der Waals surface area contributed by atoms with Crippen molar-refractivity contribution in [3.63, 3.8) is 0 Å². The molecule has 0 saturated carbocycles. The third-order valence-corrected chi connectivity index (χ3v) is 24.6. The molecule has 8 aromatic heterocycles. The van der Waals surface area contributed by atoms with Gasteiger partial charge in [0.25, 0.3) is 0 Å². The number of carbonyl (C=O) groups excluding carboxylic acids is 7. The number of pyridine rings is 8. The Kier molecular flexibility index (Phi) is 56.6. The molecule has 0 aliphatic carbocycles. The summed E-state index contributed by atoms with van der Waals surface area (Å²) in [4.78, 5) is 137. The average molecular weight is 2040 g/mol. The number of unbranched alkanes of at least 4 members (excludes halogenated alkanes) is 7. The lowest BCUT2D eigenvalue weighted by Crippen LogP contribution is -2.37. The number of nitrogens with zero attached hydrogens (tertiary/aromatic N) is 12. The number of ketones is 5. The van der Waals surface area contributed by atoms with E-state index < -0.39 is 47.2 Å². The summed E-state index contributed by atoms with van der Waals surface area (Å²) in [6, 6.07) is 60.2. The molecule has 4 N–H and O–H groups in total. The van der Waals surface area contributed by atoms with Crippen LogP contribution in [0.2, 0.25) is 0 Å². The van der Waals surface area contributed by atoms with Crippen LogP contribution in [0.25, 0.3) is 0 Å². The molecule has 0 spiro atoms. The number of rotatable bonds is 75. The fourth-order valence-corrected chi connectivity index (χ4v) is 17.2. The van der Waals surface area contributed by atoms with Crippen molar-refractivity contribution in [1.29, 1.82) is 0 Å². The Morgan fingerprint density at radius 1 is 0.329 bits per heavy atom. The number of nitrogens with two attached hydrogens (primary N) is 1. The van der Waals surface area contributed by atoms with Gasteiger partial charge in [0, 0.05) is 192 Å². The SMILES string of the molecule is CC(C)(C)OC(=O)NCCCC[C@H](N)C(=O)CCCOCCOCCOCCOCCC(=O)CCCCCOc1cc(CN(Cc2ccccn2)Cc2ccccn2)cc(CN(Cc2ccccn2)Cc2ccccn2)c1.CCCCC[C@H](NC)C(=O)C[C@@H](CC(=O)OC(C)(C)C)C(=O)C[C@@H](CC)C(=O)CCCCCOc1cc(CN(Cc2ccccn2)Cc2ccccn2)cc(CN(Cc2ccccn2)Cc2ccccn2)c1. The molecule has 0 aliphatic rings. The topological polar surface area (TPSA) is 359 Å². The predicted octanol–water partition coefficient (Wildman–Crippen LogP) is 19.6. The minimum atomic E-state index is -0.845. The molecule has 10 rings (SSSR count). The van der Waals surface area contributed by atoms with Gasteiger partial charge in [0.15, 0.2) is 0 Å². The maximum Gasteiger partial charge on any atom is 0.407 e. The molecule has 30 nitrogen and oxygen atoms in total. The van der Waals surface area contributed by atoms with Crippen molar-refractivity contribution < 1.29 is 71.5 Å². The molecule has 2 aromatic carbocycles. The number of Topliss-reactive ketones (excluding diaryl/α,β-unsaturated/α-hetero) is 5. The van der Waals surface area contributed by atoms with Crippen LogP contribution in [0.3, 0.4) is 0 Å². The molecule has 10 aromatic rings. The Labute approximate surface area is 884 Å². The highest BCUT2D eigenvalue weighted by atomic mass is 16.6. The number of alkyl carbamates (subject to hydrolysis) is 1. The van der Waals surface area contributed by atoms with Gasteiger partial charge >= 0.3 is 12.1 Å². The van der Waals surface area contributed by atoms with Gasteiger partial charge in [-0.3, -0.25) is 88.2 Å². The Balaban J connectivity index is 0.000000332. The van der Waals surface area contributed by atoms with E-state index in [1.165, 1.54) is 0 Å². The third kappa shape index (κ3) is 52.8. The van der Waals surface area contributed by atoms with Gasteiger partial charge in [-0.05, 0) is 269 Å². The average Bonchev–Trinajstić information content (AvgIpc) is 0.844. The quantitative estimate of drug-likeness (QED) is 0.0235. The van der Waals surface area contributed by atoms with Gasteiger partial charge in [0.1, 0.15) is 51.6 Å². The van der Waals surface area contributed by atoms with Crippen LogP contribution < -0.4 is 25.8 Å². The second kappa shape index (κ2) is 70.1. The standard InChI is InChI=1S/C60H84N8O9.C59H79N7O6/c1-60(2,3)77-59(71)66-30-15-10-23-57(61)58(70)24-17-31-72-34-36-74-38-39-75-37-35-73-33-25-55(69)22-5-4-16-32-76-56-41-49(43-67(45-51-18-6-11-26-62-51)46-52-19-7-12-27-63-52)40-50(42-56)44-68(47-53-20-8-13-28-64-53)48-54-21-9-14-29-65-54;1-7-9-11-26-54(60-6)57(69)37-48(38-58(70)72-59(3,4)5)56(68)36-47(8-2)55(67)27-12-10-21-32-71-53-34-45(39-65(41-49-22-13-17-28-61-49)42-50-23-14-18-29-62-50)33-46(35-53)40-66(43-51-24-15-19-30-63-51)44-52-25-16-20-31-64-52/h6-9,11-14,18-21,26-29,40-42,57H,4-5,10,15-17,22-25,30-39,43-48,61H2,1-3H3,(H,66,71);13-20,22-25,28-31,33-35,47-48,54,60H,7-12,21,26-27,32,36-44H2,1-6H3/t57-;47-,48+,54+/m01/s1. The van der Waals surface area contributed by atoms with E-state index in [9.17, 15) is 33.6 Å². The molecule has 0 fully saturated rings. The van der Waals surface area contributed by atoms with Crippen molar-refractivity contribution in [3.05, 3.63) is 299 Å². The number of likely N-dealkylation sites (N-methyl/N-ethyl adjacent to an activating group) is 1. The van der Waals surface area contributed by atoms with E-state index in [0.717, 1.165) is 144 Å². The number of hydrogen-bond acceptors (Lipinski definition) is 29. The van der Waals surface area contributed by atoms with Crippen molar-refractivity contribution in [3.8, 4) is 11.5 Å². The van der Waals surface area contributed by atoms with Gasteiger partial charge in [-0.1, -0.05) is 93.8 Å². The fraction of sp³-hybridized carbons (Fsp3) is 0.504. The summed E-state index contributed by atoms with van der Waals surface area (Å²) in [5.74, 6) is -0.348. The first-order valence-corrected chi connectivity index (χ1v) is 53.4. The van der Waals surface area contributed by atoms with Crippen molar-refractivity contribution in [2.24, 2.45) is 17.6 Å². The molecule has 1 amide bonds. The number of ether oxygens (including phenoxy) is 8. The number of hydrogen-bond donors (Lipinski definition) is 3. The molecule has 0 unspecified atom stereocenters. The molecule has 0 aliphatic heterocycles. The first-order valence-electron chi connectivity index (χ1n) is 53.4. The third-order valence-electron chi connectivity index (χ3n) is 24.6. The van der Waals surface area contributed by atoms with Crippen LogP contribution >= 0.6 is 0 Å². The van der Waals surface area contributed by atoms with Gasteiger partial charge in [-0.25, -0.2) is 4.79 Å². The summed E-state index contributed by atoms with van der Waals surface area (Å²) < 4.78 is 46.2. The summed E-state index contributed by atoms with van der Waals surface area (Å²) in [5, 5.41) is 5.82. The van der Waals surface area contributed by atoms with Crippen molar-refractivity contribution in [2.75, 3.05) is 79.7 Å². The summed E-state index contributed by atoms with van der Waals surface area (Å²) in [5.41, 5.74) is 17.1. The maximum atomic E-state index is 13.9. The first-order chi connectivity index (χ1) is 72.3. The molecule has 30 heteroatoms. The molecule has 8 heterocycles. The van der Waals surface area contributed by atoms with Crippen LogP contribution in [-0.4, -0.2) is 203 Å². The highest BCUT2D eigenvalue weighted by Crippen LogP contribution is 2.30. The zero-order valence-electron chi connectivity index (χ0n) is 89.6. The number of esters is 1. The number of aromatic nitrogens is 8. The second-order valence-electron chi connectivity index (χ2n) is 40.0. The lowest BCUT2D eigenvalue weighted by Gasteiger charge is -2.25. The van der Waals surface area contributed by atoms with E-state index in [2.05, 4.69) is 138 Å². The van der Waals surface area contributed by atoms with Crippen LogP contribution in [0, 0.1) is 11.8 Å². The minimum absolute atomic E-state index is 0.000216. The van der Waals surface area contributed by atoms with E-state index in [1.54, 1.807) is 27.8 Å². The highest BCUT2D eigenvalue weighted by molar-refractivity contribution is 5.95. The number of amides is 1. The maximum absolute atomic E-state index is 13.9. The molecular weight excluding hydrogens is 1880 g/mol. The molecule has 149 heavy (non-hydrogen) atoms. The van der Waals surface area contributed by atoms with Crippen LogP contribution in [0.5, 0.6) is 11.5 Å². The Morgan fingerprint density at radius 2 is 0.678 bits per heavy atom. The lowest BCUT2D eigenvalue weighted by atomic mass is 9.83. The zero-order chi connectivity index (χ0) is 106.